The molecule has 0 radical (unpaired) electrons. The molecule has 0 aliphatic carbocycles. The average molecular weight is 225 g/mol. The highest BCUT2D eigenvalue weighted by Crippen LogP contribution is 2.14. The molecule has 5 nitrogen and oxygen atoms in total. The molecule has 5 heteroatoms. The number of nitrogens with zero attached hydrogens (tertiary/aromatic N) is 1. The fraction of sp³-hybridized carbons (Fsp3) is 0.545. The van der Waals surface area contributed by atoms with Crippen molar-refractivity contribution in [3.63, 3.8) is 0 Å². The largest absolute Gasteiger partial charge is 0.471 e. The molecule has 0 spiro atoms. The molecule has 0 amide bonds. The number of carbonyl (C=O) groups is 2. The van der Waals surface area contributed by atoms with E-state index in [-0.39, 0.29) is 24.7 Å². The fourth-order valence-corrected chi connectivity index (χ4v) is 1.02. The Morgan fingerprint density at radius 1 is 1.31 bits per heavy atom. The summed E-state index contributed by atoms with van der Waals surface area (Å²) in [6.07, 6.45) is 0.476. The van der Waals surface area contributed by atoms with Crippen molar-refractivity contribution >= 4 is 11.9 Å². The van der Waals surface area contributed by atoms with Crippen LogP contribution >= 0.6 is 0 Å². The zero-order chi connectivity index (χ0) is 12.6. The van der Waals surface area contributed by atoms with Gasteiger partial charge >= 0.3 is 11.9 Å². The second-order valence-corrected chi connectivity index (χ2v) is 3.04. The third kappa shape index (κ3) is 4.60. The fourth-order valence-electron chi connectivity index (χ4n) is 1.02. The zero-order valence-electron chi connectivity index (χ0n) is 9.70. The lowest BCUT2D eigenvalue weighted by molar-refractivity contribution is -0.141. The topological polar surface area (TPSA) is 57.0 Å². The van der Waals surface area contributed by atoms with Gasteiger partial charge in [0, 0.05) is 6.42 Å². The minimum absolute atomic E-state index is 0.0502. The van der Waals surface area contributed by atoms with E-state index >= 15 is 0 Å². The molecule has 0 saturated carbocycles. The first-order valence-corrected chi connectivity index (χ1v) is 4.87. The highest BCUT2D eigenvalue weighted by molar-refractivity contribution is 5.91. The van der Waals surface area contributed by atoms with Gasteiger partial charge in [0.15, 0.2) is 0 Å². The first kappa shape index (κ1) is 14.2. The van der Waals surface area contributed by atoms with Crippen molar-refractivity contribution in [1.29, 1.82) is 0 Å². The van der Waals surface area contributed by atoms with Crippen molar-refractivity contribution in [3.05, 3.63) is 22.7 Å². The van der Waals surface area contributed by atoms with Crippen LogP contribution in [0.1, 0.15) is 26.7 Å². The van der Waals surface area contributed by atoms with Gasteiger partial charge in [0.05, 0.1) is 20.3 Å². The van der Waals surface area contributed by atoms with Gasteiger partial charge < -0.3 is 9.47 Å². The second kappa shape index (κ2) is 7.46. The molecule has 0 fully saturated rings. The van der Waals surface area contributed by atoms with Crippen LogP contribution in [0.3, 0.4) is 0 Å². The third-order valence-corrected chi connectivity index (χ3v) is 1.92. The maximum absolute atomic E-state index is 11.3. The molecule has 88 valence electrons. The standard InChI is InChI=1S/C11H15NO4/c1-5-16-11(14)10(12-3)8(2)6-7-9(13)15-4/h5-7H2,1-2,4H3. The summed E-state index contributed by atoms with van der Waals surface area (Å²) >= 11 is 0. The number of carbonyl (C=O) groups excluding carboxylic acids is 2. The Hall–Kier alpha value is -1.83. The summed E-state index contributed by atoms with van der Waals surface area (Å²) in [5.74, 6) is -1.01. The van der Waals surface area contributed by atoms with Crippen molar-refractivity contribution in [2.75, 3.05) is 13.7 Å². The SMILES string of the molecule is [C-]#[N+]C(C(=O)OCC)=C(C)CCC(=O)OC. The quantitative estimate of drug-likeness (QED) is 0.406. The van der Waals surface area contributed by atoms with Crippen LogP contribution in [-0.4, -0.2) is 25.7 Å². The van der Waals surface area contributed by atoms with Gasteiger partial charge in [-0.05, 0) is 13.3 Å². The molecule has 0 atom stereocenters. The maximum atomic E-state index is 11.3. The average Bonchev–Trinajstić information content (AvgIpc) is 2.27. The van der Waals surface area contributed by atoms with E-state index in [1.165, 1.54) is 7.11 Å². The first-order chi connectivity index (χ1) is 7.56. The minimum Gasteiger partial charge on any atom is -0.471 e. The summed E-state index contributed by atoms with van der Waals surface area (Å²) in [4.78, 5) is 25.3. The summed E-state index contributed by atoms with van der Waals surface area (Å²) in [6.45, 7) is 10.4. The molecule has 0 bridgehead atoms. The predicted molar refractivity (Wildman–Crippen MR) is 57.2 cm³/mol. The van der Waals surface area contributed by atoms with Gasteiger partial charge in [-0.15, -0.1) is 0 Å². The van der Waals surface area contributed by atoms with E-state index in [0.717, 1.165) is 0 Å². The number of allylic oxidation sites excluding steroid dienone is 1. The van der Waals surface area contributed by atoms with E-state index in [1.54, 1.807) is 13.8 Å². The smallest absolute Gasteiger partial charge is 0.336 e. The minimum atomic E-state index is -0.639. The van der Waals surface area contributed by atoms with Crippen molar-refractivity contribution in [2.45, 2.75) is 26.7 Å². The van der Waals surface area contributed by atoms with Crippen LogP contribution in [0.2, 0.25) is 0 Å². The lowest BCUT2D eigenvalue weighted by atomic mass is 10.1. The van der Waals surface area contributed by atoms with Crippen molar-refractivity contribution in [3.8, 4) is 0 Å². The maximum Gasteiger partial charge on any atom is 0.336 e. The van der Waals surface area contributed by atoms with Crippen LogP contribution < -0.4 is 0 Å². The number of rotatable bonds is 5. The molecule has 16 heavy (non-hydrogen) atoms. The normalized spacial score (nSPS) is 11.1. The van der Waals surface area contributed by atoms with E-state index in [2.05, 4.69) is 9.58 Å². The Kier molecular flexibility index (Phi) is 6.61. The molecule has 0 rings (SSSR count). The van der Waals surface area contributed by atoms with Gasteiger partial charge in [0.2, 0.25) is 0 Å². The molecule has 0 heterocycles. The molecule has 0 saturated heterocycles. The lowest BCUT2D eigenvalue weighted by Gasteiger charge is -2.04. The molecule has 0 aromatic heterocycles. The van der Waals surface area contributed by atoms with Crippen LogP contribution in [0, 0.1) is 6.57 Å². The van der Waals surface area contributed by atoms with Gasteiger partial charge in [-0.25, -0.2) is 4.85 Å². The number of hydrogen-bond donors (Lipinski definition) is 0. The Morgan fingerprint density at radius 2 is 1.94 bits per heavy atom. The number of hydrogen-bond acceptors (Lipinski definition) is 4. The molecule has 0 aliphatic rings. The summed E-state index contributed by atoms with van der Waals surface area (Å²) in [5.41, 5.74) is 0.490. The predicted octanol–water partition coefficient (Wildman–Crippen LogP) is 1.70. The number of methoxy groups -OCH3 is 1. The van der Waals surface area contributed by atoms with Gasteiger partial charge in [-0.3, -0.25) is 9.59 Å². The molecular weight excluding hydrogens is 210 g/mol. The van der Waals surface area contributed by atoms with Crippen LogP contribution in [-0.2, 0) is 19.1 Å². The van der Waals surface area contributed by atoms with Crippen molar-refractivity contribution in [2.24, 2.45) is 0 Å². The zero-order valence-corrected chi connectivity index (χ0v) is 9.70. The van der Waals surface area contributed by atoms with Crippen LogP contribution in [0.25, 0.3) is 4.85 Å². The highest BCUT2D eigenvalue weighted by atomic mass is 16.5. The van der Waals surface area contributed by atoms with Crippen molar-refractivity contribution < 1.29 is 19.1 Å². The molecule has 0 aromatic rings. The third-order valence-electron chi connectivity index (χ3n) is 1.92. The van der Waals surface area contributed by atoms with E-state index in [0.29, 0.717) is 12.0 Å². The Labute approximate surface area is 94.9 Å². The summed E-state index contributed by atoms with van der Waals surface area (Å²) in [6, 6.07) is 0. The second-order valence-electron chi connectivity index (χ2n) is 3.04. The van der Waals surface area contributed by atoms with E-state index < -0.39 is 5.97 Å². The van der Waals surface area contributed by atoms with Crippen LogP contribution in [0.5, 0.6) is 0 Å². The monoisotopic (exact) mass is 225 g/mol. The number of ether oxygens (including phenoxy) is 2. The highest BCUT2D eigenvalue weighted by Gasteiger charge is 2.15. The van der Waals surface area contributed by atoms with Crippen LogP contribution in [0.4, 0.5) is 0 Å². The molecular formula is C11H15NO4. The first-order valence-electron chi connectivity index (χ1n) is 4.87. The summed E-state index contributed by atoms with van der Waals surface area (Å²) in [7, 11) is 1.29. The lowest BCUT2D eigenvalue weighted by Crippen LogP contribution is -2.08. The van der Waals surface area contributed by atoms with Gasteiger partial charge in [0.1, 0.15) is 0 Å². The van der Waals surface area contributed by atoms with E-state index in [4.69, 9.17) is 11.3 Å². The molecule has 0 aliphatic heterocycles. The molecule has 0 aromatic carbocycles. The summed E-state index contributed by atoms with van der Waals surface area (Å²) in [5, 5.41) is 0. The molecule has 0 N–H and O–H groups in total. The Balaban J connectivity index is 4.57. The van der Waals surface area contributed by atoms with Crippen LogP contribution in [0.15, 0.2) is 11.3 Å². The summed E-state index contributed by atoms with van der Waals surface area (Å²) < 4.78 is 9.19. The van der Waals surface area contributed by atoms with Gasteiger partial charge in [0.25, 0.3) is 5.70 Å². The Bertz CT molecular complexity index is 338. The van der Waals surface area contributed by atoms with Gasteiger partial charge in [-0.2, -0.15) is 0 Å². The van der Waals surface area contributed by atoms with Crippen molar-refractivity contribution in [1.82, 2.24) is 0 Å². The Morgan fingerprint density at radius 3 is 2.38 bits per heavy atom. The number of esters is 2. The molecule has 0 unspecified atom stereocenters. The van der Waals surface area contributed by atoms with E-state index in [1.807, 2.05) is 0 Å². The van der Waals surface area contributed by atoms with E-state index in [9.17, 15) is 9.59 Å². The van der Waals surface area contributed by atoms with Gasteiger partial charge in [-0.1, -0.05) is 12.5 Å².